The number of hydrogen-bond acceptors (Lipinski definition) is 4. The van der Waals surface area contributed by atoms with Gasteiger partial charge < -0.3 is 4.52 Å². The van der Waals surface area contributed by atoms with Crippen LogP contribution in [-0.4, -0.2) is 19.8 Å². The molecule has 0 N–H and O–H groups in total. The van der Waals surface area contributed by atoms with Crippen LogP contribution >= 0.6 is 11.6 Å². The van der Waals surface area contributed by atoms with Gasteiger partial charge in [-0.05, 0) is 42.3 Å². The monoisotopic (exact) mass is 415 g/mol. The van der Waals surface area contributed by atoms with Gasteiger partial charge in [0.25, 0.3) is 0 Å². The van der Waals surface area contributed by atoms with Gasteiger partial charge in [-0.1, -0.05) is 22.8 Å². The van der Waals surface area contributed by atoms with Crippen molar-refractivity contribution in [3.05, 3.63) is 58.3 Å². The number of rotatable bonds is 4. The summed E-state index contributed by atoms with van der Waals surface area (Å²) in [6.45, 7) is 0.688. The van der Waals surface area contributed by atoms with Crippen molar-refractivity contribution < 1.29 is 26.1 Å². The first-order chi connectivity index (χ1) is 12.6. The third-order valence-electron chi connectivity index (χ3n) is 3.97. The van der Waals surface area contributed by atoms with E-state index in [0.29, 0.717) is 16.8 Å². The maximum Gasteiger partial charge on any atom is 0.181 e. The fraction of sp³-hybridized carbons (Fsp3) is 0.167. The van der Waals surface area contributed by atoms with Crippen molar-refractivity contribution in [2.75, 3.05) is 6.26 Å². The predicted molar refractivity (Wildman–Crippen MR) is 95.0 cm³/mol. The van der Waals surface area contributed by atoms with Gasteiger partial charge in [0.05, 0.1) is 5.56 Å². The summed E-state index contributed by atoms with van der Waals surface area (Å²) in [5.74, 6) is -2.79. The maximum atomic E-state index is 14.3. The first-order valence-electron chi connectivity index (χ1n) is 7.64. The molecule has 4 nitrogen and oxygen atoms in total. The van der Waals surface area contributed by atoms with Crippen LogP contribution in [0, 0.1) is 18.6 Å². The molecule has 3 rings (SSSR count). The van der Waals surface area contributed by atoms with E-state index in [9.17, 15) is 21.6 Å². The zero-order chi connectivity index (χ0) is 19.9. The third kappa shape index (κ3) is 3.59. The quantitative estimate of drug-likeness (QED) is 0.593. The average molecular weight is 416 g/mol. The minimum atomic E-state index is -4.12. The first kappa shape index (κ1) is 19.4. The van der Waals surface area contributed by atoms with Gasteiger partial charge >= 0.3 is 0 Å². The Labute approximate surface area is 158 Å². The molecule has 0 fully saturated rings. The molecule has 9 heteroatoms. The van der Waals surface area contributed by atoms with E-state index in [1.807, 2.05) is 0 Å². The standard InChI is InChI=1S/C18H13ClF3NO3S/c1-9-5-10(3-4-12(9)19)17-16(15(8-20)26-23-17)11-6-13(21)18(14(22)7-11)27(2,24)25/h3-7H,8H2,1-2H3. The summed E-state index contributed by atoms with van der Waals surface area (Å²) in [6, 6.07) is 6.52. The number of nitrogens with zero attached hydrogens (tertiary/aromatic N) is 1. The average Bonchev–Trinajstić information content (AvgIpc) is 2.99. The largest absolute Gasteiger partial charge is 0.357 e. The molecule has 0 spiro atoms. The fourth-order valence-corrected chi connectivity index (χ4v) is 3.70. The van der Waals surface area contributed by atoms with Gasteiger partial charge in [0.15, 0.2) is 22.3 Å². The van der Waals surface area contributed by atoms with E-state index in [1.54, 1.807) is 25.1 Å². The van der Waals surface area contributed by atoms with Crippen LogP contribution < -0.4 is 0 Å². The Morgan fingerprint density at radius 2 is 1.74 bits per heavy atom. The van der Waals surface area contributed by atoms with Crippen molar-refractivity contribution in [2.24, 2.45) is 0 Å². The highest BCUT2D eigenvalue weighted by atomic mass is 35.5. The number of sulfone groups is 1. The molecule has 2 aromatic carbocycles. The van der Waals surface area contributed by atoms with Crippen molar-refractivity contribution in [3.8, 4) is 22.4 Å². The molecule has 142 valence electrons. The lowest BCUT2D eigenvalue weighted by molar-refractivity contribution is 0.332. The van der Waals surface area contributed by atoms with Crippen LogP contribution in [0.4, 0.5) is 13.2 Å². The molecule has 0 bridgehead atoms. The molecule has 3 aromatic rings. The van der Waals surface area contributed by atoms with E-state index >= 15 is 0 Å². The SMILES string of the molecule is Cc1cc(-c2noc(CF)c2-c2cc(F)c(S(C)(=O)=O)c(F)c2)ccc1Cl. The summed E-state index contributed by atoms with van der Waals surface area (Å²) in [7, 11) is -4.12. The van der Waals surface area contributed by atoms with Crippen molar-refractivity contribution in [3.63, 3.8) is 0 Å². The zero-order valence-electron chi connectivity index (χ0n) is 14.2. The van der Waals surface area contributed by atoms with E-state index in [4.69, 9.17) is 16.1 Å². The van der Waals surface area contributed by atoms with E-state index in [0.717, 1.165) is 17.7 Å². The normalized spacial score (nSPS) is 11.8. The second-order valence-electron chi connectivity index (χ2n) is 5.97. The van der Waals surface area contributed by atoms with Gasteiger partial charge in [-0.15, -0.1) is 0 Å². The molecular weight excluding hydrogens is 403 g/mol. The van der Waals surface area contributed by atoms with Crippen molar-refractivity contribution in [1.29, 1.82) is 0 Å². The molecule has 0 atom stereocenters. The Morgan fingerprint density at radius 3 is 2.26 bits per heavy atom. The van der Waals surface area contributed by atoms with Crippen LogP contribution in [0.2, 0.25) is 5.02 Å². The Morgan fingerprint density at radius 1 is 1.11 bits per heavy atom. The summed E-state index contributed by atoms with van der Waals surface area (Å²) in [5, 5.41) is 4.32. The molecule has 0 amide bonds. The smallest absolute Gasteiger partial charge is 0.181 e. The Kier molecular flexibility index (Phi) is 5.05. The maximum absolute atomic E-state index is 14.3. The van der Waals surface area contributed by atoms with E-state index < -0.39 is 33.0 Å². The van der Waals surface area contributed by atoms with Crippen LogP contribution in [0.5, 0.6) is 0 Å². The van der Waals surface area contributed by atoms with E-state index in [-0.39, 0.29) is 22.6 Å². The number of halogens is 4. The highest BCUT2D eigenvalue weighted by molar-refractivity contribution is 7.90. The van der Waals surface area contributed by atoms with E-state index in [2.05, 4.69) is 5.16 Å². The van der Waals surface area contributed by atoms with Crippen LogP contribution in [-0.2, 0) is 16.5 Å². The van der Waals surface area contributed by atoms with Gasteiger partial charge in [-0.2, -0.15) is 0 Å². The molecule has 0 saturated heterocycles. The molecule has 27 heavy (non-hydrogen) atoms. The fourth-order valence-electron chi connectivity index (χ4n) is 2.76. The van der Waals surface area contributed by atoms with Crippen LogP contribution in [0.3, 0.4) is 0 Å². The minimum absolute atomic E-state index is 0.0390. The number of aryl methyl sites for hydroxylation is 1. The first-order valence-corrected chi connectivity index (χ1v) is 9.91. The van der Waals surface area contributed by atoms with Crippen molar-refractivity contribution >= 4 is 21.4 Å². The molecule has 0 radical (unpaired) electrons. The second-order valence-corrected chi connectivity index (χ2v) is 8.33. The molecule has 0 aliphatic rings. The lowest BCUT2D eigenvalue weighted by atomic mass is 9.98. The van der Waals surface area contributed by atoms with Crippen molar-refractivity contribution in [2.45, 2.75) is 18.5 Å². The van der Waals surface area contributed by atoms with Gasteiger partial charge in [-0.3, -0.25) is 0 Å². The molecule has 0 unspecified atom stereocenters. The van der Waals surface area contributed by atoms with Gasteiger partial charge in [-0.25, -0.2) is 21.6 Å². The number of alkyl halides is 1. The molecule has 1 heterocycles. The molecule has 0 aliphatic carbocycles. The summed E-state index contributed by atoms with van der Waals surface area (Å²) < 4.78 is 70.1. The molecular formula is C18H13ClF3NO3S. The number of benzene rings is 2. The summed E-state index contributed by atoms with van der Waals surface area (Å²) >= 11 is 6.00. The van der Waals surface area contributed by atoms with Gasteiger partial charge in [0.1, 0.15) is 22.2 Å². The van der Waals surface area contributed by atoms with E-state index in [1.165, 1.54) is 0 Å². The second kappa shape index (κ2) is 7.01. The Balaban J connectivity index is 2.26. The van der Waals surface area contributed by atoms with Crippen LogP contribution in [0.25, 0.3) is 22.4 Å². The van der Waals surface area contributed by atoms with Gasteiger partial charge in [0.2, 0.25) is 0 Å². The minimum Gasteiger partial charge on any atom is -0.357 e. The molecule has 0 aliphatic heterocycles. The lowest BCUT2D eigenvalue weighted by Gasteiger charge is -2.08. The summed E-state index contributed by atoms with van der Waals surface area (Å²) in [6.07, 6.45) is 0.697. The van der Waals surface area contributed by atoms with Crippen LogP contribution in [0.1, 0.15) is 11.3 Å². The third-order valence-corrected chi connectivity index (χ3v) is 5.53. The zero-order valence-corrected chi connectivity index (χ0v) is 15.8. The molecule has 1 aromatic heterocycles. The topological polar surface area (TPSA) is 60.2 Å². The number of aromatic nitrogens is 1. The Hall–Kier alpha value is -2.32. The lowest BCUT2D eigenvalue weighted by Crippen LogP contribution is -2.05. The van der Waals surface area contributed by atoms with Crippen LogP contribution in [0.15, 0.2) is 39.8 Å². The summed E-state index contributed by atoms with van der Waals surface area (Å²) in [5.41, 5.74) is 1.33. The Bertz CT molecular complexity index is 1120. The van der Waals surface area contributed by atoms with Gasteiger partial charge in [0, 0.05) is 16.8 Å². The predicted octanol–water partition coefficient (Wildman–Crippen LogP) is 5.12. The number of hydrogen-bond donors (Lipinski definition) is 0. The molecule has 0 saturated carbocycles. The summed E-state index contributed by atoms with van der Waals surface area (Å²) in [4.78, 5) is -1.05. The highest BCUT2D eigenvalue weighted by Crippen LogP contribution is 2.38. The highest BCUT2D eigenvalue weighted by Gasteiger charge is 2.25. The van der Waals surface area contributed by atoms with Crippen molar-refractivity contribution in [1.82, 2.24) is 5.16 Å².